The van der Waals surface area contributed by atoms with Crippen LogP contribution in [0.25, 0.3) is 0 Å². The number of halogens is 3. The molecule has 18 heavy (non-hydrogen) atoms. The SMILES string of the molecule is C[C@@H](CO)NCC(O)c1cccc(C(F)(F)F)c1. The average molecular weight is 263 g/mol. The average Bonchev–Trinajstić information content (AvgIpc) is 2.34. The second kappa shape index (κ2) is 6.17. The number of hydrogen-bond donors (Lipinski definition) is 3. The van der Waals surface area contributed by atoms with Gasteiger partial charge in [0, 0.05) is 12.6 Å². The lowest BCUT2D eigenvalue weighted by molar-refractivity contribution is -0.137. The molecule has 0 spiro atoms. The van der Waals surface area contributed by atoms with Crippen LogP contribution in [-0.4, -0.2) is 29.4 Å². The Morgan fingerprint density at radius 1 is 1.33 bits per heavy atom. The van der Waals surface area contributed by atoms with E-state index in [1.54, 1.807) is 6.92 Å². The molecule has 0 aromatic heterocycles. The largest absolute Gasteiger partial charge is 0.416 e. The molecule has 0 aliphatic carbocycles. The van der Waals surface area contributed by atoms with E-state index in [0.717, 1.165) is 12.1 Å². The third-order valence-corrected chi connectivity index (χ3v) is 2.53. The Morgan fingerprint density at radius 3 is 2.56 bits per heavy atom. The van der Waals surface area contributed by atoms with Gasteiger partial charge in [-0.25, -0.2) is 0 Å². The van der Waals surface area contributed by atoms with E-state index in [9.17, 15) is 18.3 Å². The van der Waals surface area contributed by atoms with Gasteiger partial charge in [-0.3, -0.25) is 0 Å². The Balaban J connectivity index is 2.71. The lowest BCUT2D eigenvalue weighted by Gasteiger charge is -2.16. The Labute approximate surface area is 103 Å². The highest BCUT2D eigenvalue weighted by atomic mass is 19.4. The summed E-state index contributed by atoms with van der Waals surface area (Å²) in [6.07, 6.45) is -5.46. The van der Waals surface area contributed by atoms with Crippen LogP contribution in [0.4, 0.5) is 13.2 Å². The summed E-state index contributed by atoms with van der Waals surface area (Å²) in [7, 11) is 0. The quantitative estimate of drug-likeness (QED) is 0.758. The Kier molecular flexibility index (Phi) is 5.13. The Hall–Kier alpha value is -1.11. The molecule has 0 heterocycles. The fraction of sp³-hybridized carbons (Fsp3) is 0.500. The molecule has 1 aromatic rings. The summed E-state index contributed by atoms with van der Waals surface area (Å²) in [6, 6.07) is 4.36. The number of benzene rings is 1. The van der Waals surface area contributed by atoms with E-state index in [-0.39, 0.29) is 24.8 Å². The molecule has 0 amide bonds. The van der Waals surface area contributed by atoms with Gasteiger partial charge in [-0.1, -0.05) is 12.1 Å². The molecule has 1 unspecified atom stereocenters. The Morgan fingerprint density at radius 2 is 2.00 bits per heavy atom. The van der Waals surface area contributed by atoms with E-state index >= 15 is 0 Å². The second-order valence-corrected chi connectivity index (χ2v) is 4.13. The van der Waals surface area contributed by atoms with Crippen molar-refractivity contribution in [2.45, 2.75) is 25.2 Å². The standard InChI is InChI=1S/C12H16F3NO2/c1-8(7-17)16-6-11(18)9-3-2-4-10(5-9)12(13,14)15/h2-5,8,11,16-18H,6-7H2,1H3/t8-,11?/m0/s1. The number of rotatable bonds is 5. The van der Waals surface area contributed by atoms with Crippen LogP contribution in [0, 0.1) is 0 Å². The van der Waals surface area contributed by atoms with Gasteiger partial charge < -0.3 is 15.5 Å². The van der Waals surface area contributed by atoms with Crippen LogP contribution in [0.15, 0.2) is 24.3 Å². The fourth-order valence-corrected chi connectivity index (χ4v) is 1.42. The molecule has 1 aromatic carbocycles. The zero-order valence-electron chi connectivity index (χ0n) is 9.91. The maximum absolute atomic E-state index is 12.5. The van der Waals surface area contributed by atoms with Crippen LogP contribution in [0.2, 0.25) is 0 Å². The molecule has 0 fully saturated rings. The van der Waals surface area contributed by atoms with Gasteiger partial charge in [0.05, 0.1) is 18.3 Å². The second-order valence-electron chi connectivity index (χ2n) is 4.13. The predicted molar refractivity (Wildman–Crippen MR) is 61.0 cm³/mol. The monoisotopic (exact) mass is 263 g/mol. The molecule has 0 radical (unpaired) electrons. The van der Waals surface area contributed by atoms with Crippen molar-refractivity contribution in [1.29, 1.82) is 0 Å². The summed E-state index contributed by atoms with van der Waals surface area (Å²) in [5, 5.41) is 21.3. The molecule has 0 saturated heterocycles. The molecule has 0 aliphatic rings. The summed E-state index contributed by atoms with van der Waals surface area (Å²) in [5.74, 6) is 0. The lowest BCUT2D eigenvalue weighted by Crippen LogP contribution is -2.33. The van der Waals surface area contributed by atoms with Gasteiger partial charge in [-0.15, -0.1) is 0 Å². The zero-order chi connectivity index (χ0) is 13.8. The fourth-order valence-electron chi connectivity index (χ4n) is 1.42. The van der Waals surface area contributed by atoms with E-state index in [0.29, 0.717) is 0 Å². The first kappa shape index (κ1) is 14.9. The van der Waals surface area contributed by atoms with Crippen molar-refractivity contribution in [3.8, 4) is 0 Å². The van der Waals surface area contributed by atoms with Gasteiger partial charge in [0.15, 0.2) is 0 Å². The number of aliphatic hydroxyl groups is 2. The molecule has 2 atom stereocenters. The molecule has 0 saturated carbocycles. The van der Waals surface area contributed by atoms with E-state index in [2.05, 4.69) is 5.32 Å². The van der Waals surface area contributed by atoms with Gasteiger partial charge in [-0.05, 0) is 24.6 Å². The number of alkyl halides is 3. The van der Waals surface area contributed by atoms with Gasteiger partial charge in [0.2, 0.25) is 0 Å². The van der Waals surface area contributed by atoms with E-state index in [1.807, 2.05) is 0 Å². The smallest absolute Gasteiger partial charge is 0.395 e. The summed E-state index contributed by atoms with van der Waals surface area (Å²) in [5.41, 5.74) is -0.586. The van der Waals surface area contributed by atoms with Crippen LogP contribution in [0.1, 0.15) is 24.2 Å². The highest BCUT2D eigenvalue weighted by molar-refractivity contribution is 5.27. The highest BCUT2D eigenvalue weighted by Crippen LogP contribution is 2.30. The normalized spacial score (nSPS) is 15.4. The molecule has 0 aliphatic heterocycles. The lowest BCUT2D eigenvalue weighted by atomic mass is 10.1. The van der Waals surface area contributed by atoms with Crippen LogP contribution >= 0.6 is 0 Å². The predicted octanol–water partition coefficient (Wildman–Crippen LogP) is 1.71. The number of hydrogen-bond acceptors (Lipinski definition) is 3. The molecule has 102 valence electrons. The van der Waals surface area contributed by atoms with Gasteiger partial charge in [0.1, 0.15) is 0 Å². The summed E-state index contributed by atoms with van der Waals surface area (Å²) >= 11 is 0. The minimum Gasteiger partial charge on any atom is -0.395 e. The van der Waals surface area contributed by atoms with Crippen molar-refractivity contribution in [1.82, 2.24) is 5.32 Å². The van der Waals surface area contributed by atoms with Crippen molar-refractivity contribution in [2.75, 3.05) is 13.2 Å². The first-order valence-corrected chi connectivity index (χ1v) is 5.54. The molecule has 1 rings (SSSR count). The maximum Gasteiger partial charge on any atom is 0.416 e. The highest BCUT2D eigenvalue weighted by Gasteiger charge is 2.30. The first-order valence-electron chi connectivity index (χ1n) is 5.54. The van der Waals surface area contributed by atoms with Crippen molar-refractivity contribution in [3.63, 3.8) is 0 Å². The summed E-state index contributed by atoms with van der Waals surface area (Å²) in [4.78, 5) is 0. The molecule has 0 bridgehead atoms. The van der Waals surface area contributed by atoms with Gasteiger partial charge in [0.25, 0.3) is 0 Å². The van der Waals surface area contributed by atoms with Crippen molar-refractivity contribution >= 4 is 0 Å². The minimum atomic E-state index is -4.42. The topological polar surface area (TPSA) is 52.5 Å². The van der Waals surface area contributed by atoms with Crippen LogP contribution < -0.4 is 5.32 Å². The number of nitrogens with one attached hydrogen (secondary N) is 1. The van der Waals surface area contributed by atoms with Gasteiger partial charge >= 0.3 is 6.18 Å². The van der Waals surface area contributed by atoms with E-state index in [1.165, 1.54) is 12.1 Å². The molecule has 3 nitrogen and oxygen atoms in total. The maximum atomic E-state index is 12.5. The van der Waals surface area contributed by atoms with E-state index in [4.69, 9.17) is 5.11 Å². The minimum absolute atomic E-state index is 0.0863. The Bertz CT molecular complexity index is 382. The molecular weight excluding hydrogens is 247 g/mol. The zero-order valence-corrected chi connectivity index (χ0v) is 9.91. The third kappa shape index (κ3) is 4.29. The van der Waals surface area contributed by atoms with Crippen molar-refractivity contribution in [3.05, 3.63) is 35.4 Å². The third-order valence-electron chi connectivity index (χ3n) is 2.53. The van der Waals surface area contributed by atoms with Crippen LogP contribution in [0.3, 0.4) is 0 Å². The van der Waals surface area contributed by atoms with Crippen molar-refractivity contribution in [2.24, 2.45) is 0 Å². The molecular formula is C12H16F3NO2. The summed E-state index contributed by atoms with van der Waals surface area (Å²) < 4.78 is 37.4. The van der Waals surface area contributed by atoms with Gasteiger partial charge in [-0.2, -0.15) is 13.2 Å². The van der Waals surface area contributed by atoms with Crippen LogP contribution in [-0.2, 0) is 6.18 Å². The number of aliphatic hydroxyl groups excluding tert-OH is 2. The van der Waals surface area contributed by atoms with Crippen LogP contribution in [0.5, 0.6) is 0 Å². The van der Waals surface area contributed by atoms with Crippen molar-refractivity contribution < 1.29 is 23.4 Å². The summed E-state index contributed by atoms with van der Waals surface area (Å²) in [6.45, 7) is 1.69. The molecule has 3 N–H and O–H groups in total. The molecule has 6 heteroatoms. The van der Waals surface area contributed by atoms with E-state index < -0.39 is 17.8 Å². The first-order chi connectivity index (χ1) is 8.34.